The number of rotatable bonds is 4. The van der Waals surface area contributed by atoms with Gasteiger partial charge in [0.25, 0.3) is 5.91 Å². The standard InChI is InChI=1S/C22H25F3N4O3/c1-13-17-8-14(22(23,24)25)2-3-20(17)32-12-19(13)26-21(30)18-9-15-10-28(5-6-29(15)27-18)11-16-4-7-31-16/h2-3,8-9,13,16,19H,4-7,10-12H2,1H3,(H,26,30). The van der Waals surface area contributed by atoms with Crippen molar-refractivity contribution in [1.82, 2.24) is 20.0 Å². The quantitative estimate of drug-likeness (QED) is 0.776. The van der Waals surface area contributed by atoms with Crippen molar-refractivity contribution >= 4 is 5.91 Å². The lowest BCUT2D eigenvalue weighted by Gasteiger charge is -2.34. The van der Waals surface area contributed by atoms with Crippen LogP contribution < -0.4 is 10.1 Å². The molecule has 3 unspecified atom stereocenters. The van der Waals surface area contributed by atoms with Gasteiger partial charge in [-0.1, -0.05) is 6.92 Å². The zero-order valence-electron chi connectivity index (χ0n) is 17.7. The molecule has 0 saturated carbocycles. The maximum Gasteiger partial charge on any atom is 0.416 e. The van der Waals surface area contributed by atoms with Crippen molar-refractivity contribution in [3.05, 3.63) is 46.8 Å². The van der Waals surface area contributed by atoms with Crippen LogP contribution in [0, 0.1) is 0 Å². The SMILES string of the molecule is CC1c2cc(C(F)(F)F)ccc2OCC1NC(=O)c1cc2n(n1)CCN(CC1CCO1)C2. The number of benzene rings is 1. The summed E-state index contributed by atoms with van der Waals surface area (Å²) >= 11 is 0. The van der Waals surface area contributed by atoms with Crippen LogP contribution >= 0.6 is 0 Å². The molecule has 1 N–H and O–H groups in total. The van der Waals surface area contributed by atoms with Crippen molar-refractivity contribution in [2.45, 2.75) is 50.7 Å². The van der Waals surface area contributed by atoms with E-state index in [4.69, 9.17) is 9.47 Å². The van der Waals surface area contributed by atoms with Gasteiger partial charge in [0.15, 0.2) is 5.69 Å². The van der Waals surface area contributed by atoms with Gasteiger partial charge in [-0.2, -0.15) is 18.3 Å². The number of ether oxygens (including phenoxy) is 2. The molecule has 172 valence electrons. The third-order valence-electron chi connectivity index (χ3n) is 6.53. The molecule has 0 radical (unpaired) electrons. The Balaban J connectivity index is 1.26. The van der Waals surface area contributed by atoms with Gasteiger partial charge >= 0.3 is 6.18 Å². The predicted octanol–water partition coefficient (Wildman–Crippen LogP) is 2.80. The maximum absolute atomic E-state index is 13.1. The molecule has 3 aliphatic rings. The summed E-state index contributed by atoms with van der Waals surface area (Å²) in [5.74, 6) is -0.263. The molecule has 3 atom stereocenters. The molecule has 32 heavy (non-hydrogen) atoms. The summed E-state index contributed by atoms with van der Waals surface area (Å²) in [7, 11) is 0. The Labute approximate surface area is 183 Å². The lowest BCUT2D eigenvalue weighted by atomic mass is 9.89. The molecule has 10 heteroatoms. The number of fused-ring (bicyclic) bond motifs is 2. The highest BCUT2D eigenvalue weighted by Crippen LogP contribution is 2.38. The van der Waals surface area contributed by atoms with Crippen LogP contribution in [-0.4, -0.2) is 59.0 Å². The van der Waals surface area contributed by atoms with E-state index in [0.29, 0.717) is 36.2 Å². The lowest BCUT2D eigenvalue weighted by Crippen LogP contribution is -2.45. The van der Waals surface area contributed by atoms with Crippen LogP contribution in [0.15, 0.2) is 24.3 Å². The Morgan fingerprint density at radius 1 is 1.28 bits per heavy atom. The molecular weight excluding hydrogens is 425 g/mol. The number of amides is 1. The molecular formula is C22H25F3N4O3. The topological polar surface area (TPSA) is 68.6 Å². The third-order valence-corrected chi connectivity index (χ3v) is 6.53. The average Bonchev–Trinajstić information content (AvgIpc) is 3.15. The number of nitrogens with one attached hydrogen (secondary N) is 1. The second-order valence-corrected chi connectivity index (χ2v) is 8.69. The molecule has 1 fully saturated rings. The Hall–Kier alpha value is -2.59. The van der Waals surface area contributed by atoms with E-state index >= 15 is 0 Å². The van der Waals surface area contributed by atoms with E-state index in [9.17, 15) is 18.0 Å². The van der Waals surface area contributed by atoms with Crippen molar-refractivity contribution in [2.24, 2.45) is 0 Å². The van der Waals surface area contributed by atoms with E-state index in [1.54, 1.807) is 13.0 Å². The van der Waals surface area contributed by atoms with Crippen LogP contribution in [0.1, 0.15) is 46.6 Å². The van der Waals surface area contributed by atoms with Gasteiger partial charge in [0.1, 0.15) is 12.4 Å². The molecule has 7 nitrogen and oxygen atoms in total. The Bertz CT molecular complexity index is 1020. The van der Waals surface area contributed by atoms with Crippen LogP contribution in [0.25, 0.3) is 0 Å². The van der Waals surface area contributed by atoms with Crippen LogP contribution in [0.4, 0.5) is 13.2 Å². The van der Waals surface area contributed by atoms with Crippen molar-refractivity contribution in [1.29, 1.82) is 0 Å². The number of aromatic nitrogens is 2. The molecule has 1 saturated heterocycles. The fourth-order valence-corrected chi connectivity index (χ4v) is 4.47. The van der Waals surface area contributed by atoms with Gasteiger partial charge < -0.3 is 14.8 Å². The Kier molecular flexibility index (Phi) is 5.37. The highest BCUT2D eigenvalue weighted by molar-refractivity contribution is 5.92. The summed E-state index contributed by atoms with van der Waals surface area (Å²) in [5, 5.41) is 7.34. The molecule has 0 aliphatic carbocycles. The summed E-state index contributed by atoms with van der Waals surface area (Å²) in [6.45, 7) is 5.94. The van der Waals surface area contributed by atoms with Gasteiger partial charge in [0.05, 0.1) is 29.9 Å². The first-order valence-electron chi connectivity index (χ1n) is 10.8. The predicted molar refractivity (Wildman–Crippen MR) is 108 cm³/mol. The monoisotopic (exact) mass is 450 g/mol. The molecule has 1 aromatic carbocycles. The zero-order chi connectivity index (χ0) is 22.5. The van der Waals surface area contributed by atoms with Crippen molar-refractivity contribution < 1.29 is 27.4 Å². The zero-order valence-corrected chi connectivity index (χ0v) is 17.7. The molecule has 0 spiro atoms. The smallest absolute Gasteiger partial charge is 0.416 e. The second-order valence-electron chi connectivity index (χ2n) is 8.69. The molecule has 3 aliphatic heterocycles. The van der Waals surface area contributed by atoms with Crippen molar-refractivity contribution in [3.63, 3.8) is 0 Å². The minimum Gasteiger partial charge on any atom is -0.491 e. The van der Waals surface area contributed by atoms with Gasteiger partial charge in [0.2, 0.25) is 0 Å². The summed E-state index contributed by atoms with van der Waals surface area (Å²) in [4.78, 5) is 15.2. The third kappa shape index (κ3) is 4.09. The molecule has 1 aromatic heterocycles. The number of nitrogens with zero attached hydrogens (tertiary/aromatic N) is 3. The van der Waals surface area contributed by atoms with Crippen LogP contribution in [0.3, 0.4) is 0 Å². The summed E-state index contributed by atoms with van der Waals surface area (Å²) < 4.78 is 52.3. The summed E-state index contributed by atoms with van der Waals surface area (Å²) in [6.07, 6.45) is -3.06. The van der Waals surface area contributed by atoms with Gasteiger partial charge in [-0.25, -0.2) is 0 Å². The minimum absolute atomic E-state index is 0.188. The van der Waals surface area contributed by atoms with E-state index in [-0.39, 0.29) is 18.4 Å². The molecule has 0 bridgehead atoms. The van der Waals surface area contributed by atoms with Crippen molar-refractivity contribution in [3.8, 4) is 5.75 Å². The van der Waals surface area contributed by atoms with E-state index in [2.05, 4.69) is 15.3 Å². The fraction of sp³-hybridized carbons (Fsp3) is 0.545. The van der Waals surface area contributed by atoms with Crippen LogP contribution in [0.2, 0.25) is 0 Å². The fourth-order valence-electron chi connectivity index (χ4n) is 4.47. The second kappa shape index (κ2) is 8.08. The van der Waals surface area contributed by atoms with Gasteiger partial charge in [-0.05, 0) is 36.2 Å². The van der Waals surface area contributed by atoms with Gasteiger partial charge in [-0.3, -0.25) is 14.4 Å². The van der Waals surface area contributed by atoms with E-state index in [0.717, 1.165) is 43.9 Å². The number of carbonyl (C=O) groups is 1. The van der Waals surface area contributed by atoms with E-state index in [1.165, 1.54) is 6.07 Å². The molecule has 4 heterocycles. The summed E-state index contributed by atoms with van der Waals surface area (Å²) in [6, 6.07) is 4.79. The number of alkyl halides is 3. The maximum atomic E-state index is 13.1. The first-order valence-corrected chi connectivity index (χ1v) is 10.8. The molecule has 5 rings (SSSR count). The number of hydrogen-bond donors (Lipinski definition) is 1. The van der Waals surface area contributed by atoms with Crippen molar-refractivity contribution in [2.75, 3.05) is 26.3 Å². The Morgan fingerprint density at radius 3 is 2.81 bits per heavy atom. The summed E-state index contributed by atoms with van der Waals surface area (Å²) in [5.41, 5.74) is 0.990. The van der Waals surface area contributed by atoms with Gasteiger partial charge in [0, 0.05) is 32.2 Å². The molecule has 1 amide bonds. The minimum atomic E-state index is -4.43. The first kappa shape index (κ1) is 21.3. The highest BCUT2D eigenvalue weighted by atomic mass is 19.4. The normalized spacial score (nSPS) is 25.3. The average molecular weight is 450 g/mol. The number of hydrogen-bond acceptors (Lipinski definition) is 5. The largest absolute Gasteiger partial charge is 0.491 e. The van der Waals surface area contributed by atoms with Crippen LogP contribution in [-0.2, 0) is 24.0 Å². The van der Waals surface area contributed by atoms with E-state index in [1.807, 2.05) is 4.68 Å². The number of halogens is 3. The number of carbonyl (C=O) groups excluding carboxylic acids is 1. The lowest BCUT2D eigenvalue weighted by molar-refractivity contribution is -0.137. The van der Waals surface area contributed by atoms with Gasteiger partial charge in [-0.15, -0.1) is 0 Å². The van der Waals surface area contributed by atoms with E-state index < -0.39 is 17.8 Å². The molecule has 2 aromatic rings. The first-order chi connectivity index (χ1) is 15.3. The highest BCUT2D eigenvalue weighted by Gasteiger charge is 2.35. The Morgan fingerprint density at radius 2 is 2.09 bits per heavy atom. The van der Waals surface area contributed by atoms with Crippen LogP contribution in [0.5, 0.6) is 5.75 Å².